The molecule has 0 aliphatic heterocycles. The molecule has 0 aliphatic carbocycles. The van der Waals surface area contributed by atoms with E-state index < -0.39 is 28.5 Å². The number of para-hydroxylation sites is 1. The number of halogens is 2. The van der Waals surface area contributed by atoms with Crippen molar-refractivity contribution in [2.45, 2.75) is 51.1 Å². The second-order valence-corrected chi connectivity index (χ2v) is 11.8. The lowest BCUT2D eigenvalue weighted by molar-refractivity contribution is -0.140. The molecule has 0 radical (unpaired) electrons. The first kappa shape index (κ1) is 30.5. The number of nitrogens with zero attached hydrogens (tertiary/aromatic N) is 2. The van der Waals surface area contributed by atoms with Crippen molar-refractivity contribution in [1.82, 2.24) is 10.2 Å². The Morgan fingerprint density at radius 1 is 0.949 bits per heavy atom. The van der Waals surface area contributed by atoms with Crippen LogP contribution >= 0.6 is 23.2 Å². The van der Waals surface area contributed by atoms with E-state index in [0.29, 0.717) is 39.8 Å². The standard InChI is InChI=1S/C29H33Cl2N3O4S/c1-4-17-32-29(36)26(5-2)33(19-22-15-16-23(30)18-25(22)31)28(35)20-34(27-14-10-9-11-21(27)3)39(37,38)24-12-7-6-8-13-24/h6-16,18,26H,4-5,17,19-20H2,1-3H3,(H,32,36)/t26-/m0/s1. The lowest BCUT2D eigenvalue weighted by atomic mass is 10.1. The number of aryl methyl sites for hydroxylation is 1. The van der Waals surface area contributed by atoms with Crippen LogP contribution in [0.15, 0.2) is 77.7 Å². The van der Waals surface area contributed by atoms with E-state index in [9.17, 15) is 18.0 Å². The Labute approximate surface area is 240 Å². The summed E-state index contributed by atoms with van der Waals surface area (Å²) in [5.41, 5.74) is 1.65. The summed E-state index contributed by atoms with van der Waals surface area (Å²) in [6.07, 6.45) is 1.05. The summed E-state index contributed by atoms with van der Waals surface area (Å²) in [7, 11) is -4.12. The molecule has 7 nitrogen and oxygen atoms in total. The van der Waals surface area contributed by atoms with Crippen molar-refractivity contribution in [3.8, 4) is 0 Å². The van der Waals surface area contributed by atoms with Crippen molar-refractivity contribution in [3.05, 3.63) is 94.0 Å². The van der Waals surface area contributed by atoms with Gasteiger partial charge in [-0.05, 0) is 61.2 Å². The molecule has 0 fully saturated rings. The highest BCUT2D eigenvalue weighted by molar-refractivity contribution is 7.92. The maximum atomic E-state index is 14.0. The summed E-state index contributed by atoms with van der Waals surface area (Å²) >= 11 is 12.5. The topological polar surface area (TPSA) is 86.8 Å². The number of sulfonamides is 1. The van der Waals surface area contributed by atoms with Gasteiger partial charge in [0.15, 0.2) is 0 Å². The molecule has 2 amide bonds. The molecule has 1 atom stereocenters. The number of carbonyl (C=O) groups excluding carboxylic acids is 2. The zero-order valence-electron chi connectivity index (χ0n) is 22.2. The average Bonchev–Trinajstić information content (AvgIpc) is 2.92. The Morgan fingerprint density at radius 2 is 1.62 bits per heavy atom. The summed E-state index contributed by atoms with van der Waals surface area (Å²) in [6.45, 7) is 5.47. The fourth-order valence-corrected chi connectivity index (χ4v) is 6.16. The fourth-order valence-electron chi connectivity index (χ4n) is 4.20. The van der Waals surface area contributed by atoms with Crippen LogP contribution in [-0.4, -0.2) is 44.3 Å². The van der Waals surface area contributed by atoms with Gasteiger partial charge in [-0.15, -0.1) is 0 Å². The lowest BCUT2D eigenvalue weighted by Crippen LogP contribution is -2.52. The second kappa shape index (κ2) is 13.8. The first-order valence-electron chi connectivity index (χ1n) is 12.7. The molecular weight excluding hydrogens is 557 g/mol. The van der Waals surface area contributed by atoms with Crippen LogP contribution in [0.25, 0.3) is 0 Å². The highest BCUT2D eigenvalue weighted by atomic mass is 35.5. The van der Waals surface area contributed by atoms with Crippen molar-refractivity contribution >= 4 is 50.7 Å². The van der Waals surface area contributed by atoms with Gasteiger partial charge in [-0.1, -0.05) is 79.5 Å². The van der Waals surface area contributed by atoms with E-state index in [1.165, 1.54) is 17.0 Å². The Bertz CT molecular complexity index is 1400. The second-order valence-electron chi connectivity index (χ2n) is 9.08. The number of carbonyl (C=O) groups is 2. The van der Waals surface area contributed by atoms with Crippen LogP contribution in [0, 0.1) is 6.92 Å². The van der Waals surface area contributed by atoms with E-state index in [0.717, 1.165) is 10.7 Å². The predicted molar refractivity (Wildman–Crippen MR) is 157 cm³/mol. The van der Waals surface area contributed by atoms with Gasteiger partial charge in [0.1, 0.15) is 12.6 Å². The van der Waals surface area contributed by atoms with Gasteiger partial charge in [0.2, 0.25) is 11.8 Å². The molecule has 3 rings (SSSR count). The summed E-state index contributed by atoms with van der Waals surface area (Å²) in [4.78, 5) is 28.6. The molecule has 0 saturated heterocycles. The number of hydrogen-bond acceptors (Lipinski definition) is 4. The number of rotatable bonds is 12. The first-order chi connectivity index (χ1) is 18.6. The fraction of sp³-hybridized carbons (Fsp3) is 0.310. The van der Waals surface area contributed by atoms with Crippen LogP contribution in [0.4, 0.5) is 5.69 Å². The molecule has 0 aromatic heterocycles. The molecule has 3 aromatic carbocycles. The minimum Gasteiger partial charge on any atom is -0.354 e. The quantitative estimate of drug-likeness (QED) is 0.288. The molecule has 0 bridgehead atoms. The van der Waals surface area contributed by atoms with Crippen LogP contribution < -0.4 is 9.62 Å². The van der Waals surface area contributed by atoms with E-state index in [1.807, 2.05) is 6.92 Å². The van der Waals surface area contributed by atoms with Crippen LogP contribution in [0.1, 0.15) is 37.8 Å². The highest BCUT2D eigenvalue weighted by Crippen LogP contribution is 2.28. The summed E-state index contributed by atoms with van der Waals surface area (Å²) in [6, 6.07) is 19.0. The van der Waals surface area contributed by atoms with Gasteiger partial charge in [-0.25, -0.2) is 8.42 Å². The van der Waals surface area contributed by atoms with Crippen LogP contribution in [0.5, 0.6) is 0 Å². The normalized spacial score (nSPS) is 12.0. The molecule has 1 N–H and O–H groups in total. The maximum absolute atomic E-state index is 14.0. The predicted octanol–water partition coefficient (Wildman–Crippen LogP) is 5.83. The molecule has 0 aliphatic rings. The number of nitrogens with one attached hydrogen (secondary N) is 1. The minimum atomic E-state index is -4.12. The zero-order chi connectivity index (χ0) is 28.6. The Balaban J connectivity index is 2.07. The van der Waals surface area contributed by atoms with E-state index in [2.05, 4.69) is 5.32 Å². The number of anilines is 1. The van der Waals surface area contributed by atoms with Crippen LogP contribution in [0.2, 0.25) is 10.0 Å². The number of benzene rings is 3. The van der Waals surface area contributed by atoms with Crippen molar-refractivity contribution in [1.29, 1.82) is 0 Å². The Hall–Kier alpha value is -3.07. The average molecular weight is 591 g/mol. The monoisotopic (exact) mass is 589 g/mol. The molecule has 0 saturated carbocycles. The third-order valence-electron chi connectivity index (χ3n) is 6.29. The summed E-state index contributed by atoms with van der Waals surface area (Å²) < 4.78 is 28.8. The smallest absolute Gasteiger partial charge is 0.264 e. The molecule has 0 spiro atoms. The summed E-state index contributed by atoms with van der Waals surface area (Å²) in [5, 5.41) is 3.64. The number of hydrogen-bond donors (Lipinski definition) is 1. The van der Waals surface area contributed by atoms with Crippen LogP contribution in [0.3, 0.4) is 0 Å². The van der Waals surface area contributed by atoms with E-state index in [-0.39, 0.29) is 17.3 Å². The summed E-state index contributed by atoms with van der Waals surface area (Å²) in [5.74, 6) is -0.853. The van der Waals surface area contributed by atoms with Gasteiger partial charge in [-0.2, -0.15) is 0 Å². The molecule has 39 heavy (non-hydrogen) atoms. The molecule has 3 aromatic rings. The van der Waals surface area contributed by atoms with Crippen molar-refractivity contribution in [3.63, 3.8) is 0 Å². The van der Waals surface area contributed by atoms with Gasteiger partial charge in [-0.3, -0.25) is 13.9 Å². The zero-order valence-corrected chi connectivity index (χ0v) is 24.6. The number of amides is 2. The van der Waals surface area contributed by atoms with Crippen LogP contribution in [-0.2, 0) is 26.2 Å². The van der Waals surface area contributed by atoms with Crippen molar-refractivity contribution < 1.29 is 18.0 Å². The molecule has 0 heterocycles. The Morgan fingerprint density at radius 3 is 2.23 bits per heavy atom. The minimum absolute atomic E-state index is 0.000115. The van der Waals surface area contributed by atoms with E-state index >= 15 is 0 Å². The molecular formula is C29H33Cl2N3O4S. The van der Waals surface area contributed by atoms with Gasteiger partial charge >= 0.3 is 0 Å². The van der Waals surface area contributed by atoms with Gasteiger partial charge in [0.05, 0.1) is 10.6 Å². The Kier molecular flexibility index (Phi) is 10.8. The van der Waals surface area contributed by atoms with Gasteiger partial charge in [0, 0.05) is 23.1 Å². The van der Waals surface area contributed by atoms with E-state index in [1.54, 1.807) is 74.5 Å². The molecule has 208 valence electrons. The molecule has 0 unspecified atom stereocenters. The maximum Gasteiger partial charge on any atom is 0.264 e. The van der Waals surface area contributed by atoms with E-state index in [4.69, 9.17) is 23.2 Å². The van der Waals surface area contributed by atoms with Crippen molar-refractivity contribution in [2.75, 3.05) is 17.4 Å². The highest BCUT2D eigenvalue weighted by Gasteiger charge is 2.34. The van der Waals surface area contributed by atoms with Gasteiger partial charge < -0.3 is 10.2 Å². The third-order valence-corrected chi connectivity index (χ3v) is 8.65. The van der Waals surface area contributed by atoms with Crippen molar-refractivity contribution in [2.24, 2.45) is 0 Å². The first-order valence-corrected chi connectivity index (χ1v) is 14.9. The van der Waals surface area contributed by atoms with Gasteiger partial charge in [0.25, 0.3) is 10.0 Å². The largest absolute Gasteiger partial charge is 0.354 e. The SMILES string of the molecule is CCCNC(=O)[C@H](CC)N(Cc1ccc(Cl)cc1Cl)C(=O)CN(c1ccccc1C)S(=O)(=O)c1ccccc1. The molecule has 10 heteroatoms. The lowest BCUT2D eigenvalue weighted by Gasteiger charge is -2.33. The third kappa shape index (κ3) is 7.53.